The van der Waals surface area contributed by atoms with Crippen molar-refractivity contribution in [2.75, 3.05) is 21.3 Å². The number of rotatable bonds is 34. The number of unbranched alkanes of at least 4 members (excludes halogenated alkanes) is 20. The lowest BCUT2D eigenvalue weighted by atomic mass is 9.80. The van der Waals surface area contributed by atoms with E-state index in [9.17, 15) is 19.2 Å². The SMILES string of the molecule is CCCCCCCCn1c(=O)c(-c2ccc(OC)cc2)cc2c1cc(-c1ccc(OC)cc1)c(=O)n2CCCCCCCC.CCCCCCCCn1c(=O)c(Br)cc2c1cc(Br)c(=O)n2CCCCCCCC.COc1ccc(B(O)O)cc1. The van der Waals surface area contributed by atoms with Gasteiger partial charge in [-0.25, -0.2) is 0 Å². The Morgan fingerprint density at radius 3 is 0.871 bits per heavy atom. The lowest BCUT2D eigenvalue weighted by molar-refractivity contribution is 0.414. The third kappa shape index (κ3) is 21.3. The monoisotopic (exact) mass is 1290 g/mol. The second kappa shape index (κ2) is 38.5. The molecule has 4 heterocycles. The lowest BCUT2D eigenvalue weighted by Gasteiger charge is -2.19. The van der Waals surface area contributed by atoms with Crippen molar-refractivity contribution in [1.29, 1.82) is 0 Å². The van der Waals surface area contributed by atoms with Crippen molar-refractivity contribution in [2.45, 2.75) is 208 Å². The molecule has 0 amide bonds. The van der Waals surface area contributed by atoms with Crippen LogP contribution >= 0.6 is 31.9 Å². The van der Waals surface area contributed by atoms with Gasteiger partial charge in [0.05, 0.1) is 52.3 Å². The predicted octanol–water partition coefficient (Wildman–Crippen LogP) is 16.0. The van der Waals surface area contributed by atoms with Crippen LogP contribution in [0.4, 0.5) is 0 Å². The number of aryl methyl sites for hydroxylation is 4. The molecule has 2 N–H and O–H groups in total. The molecule has 0 radical (unpaired) electrons. The quantitative estimate of drug-likeness (QED) is 0.0296. The standard InChI is InChI=1S/C38H50N2O4.C24H36Br2N2O2.C7H9BO3/c1-5-7-9-11-13-15-25-39-35-27-34(30-19-23-32(44-4)24-20-30)38(42)40(26-16-14-12-10-8-6-2)36(35)28-33(37(39)41)29-17-21-31(43-3)22-18-29;1-3-5-7-9-11-13-15-27-21-17-20(26)24(30)28(16-14-12-10-8-6-4-2)22(21)18-19(25)23(27)29;1-11-7-4-2-6(3-5-7)8(9)10/h17-24,27-28H,5-16,25-26H2,1-4H3;17-18H,3-16H2,1-2H3;2-5,9-10H,1H3. The van der Waals surface area contributed by atoms with Gasteiger partial charge in [0.2, 0.25) is 0 Å². The first kappa shape index (κ1) is 70.1. The number of hydrogen-bond donors (Lipinski definition) is 2. The van der Waals surface area contributed by atoms with Crippen molar-refractivity contribution in [3.05, 3.63) is 147 Å². The molecular weight excluding hydrogens is 1200 g/mol. The van der Waals surface area contributed by atoms with Crippen LogP contribution in [0.25, 0.3) is 44.3 Å². The first-order valence-electron chi connectivity index (χ1n) is 31.5. The van der Waals surface area contributed by atoms with Gasteiger partial charge in [-0.15, -0.1) is 0 Å². The Hall–Kier alpha value is -5.68. The Balaban J connectivity index is 0.000000276. The van der Waals surface area contributed by atoms with Crippen molar-refractivity contribution in [1.82, 2.24) is 18.3 Å². The van der Waals surface area contributed by atoms with Crippen molar-refractivity contribution >= 4 is 66.5 Å². The minimum atomic E-state index is -1.40. The van der Waals surface area contributed by atoms with E-state index in [2.05, 4.69) is 59.6 Å². The normalized spacial score (nSPS) is 11.1. The number of ether oxygens (including phenoxy) is 3. The van der Waals surface area contributed by atoms with Gasteiger partial charge in [0.25, 0.3) is 22.2 Å². The molecule has 7 aromatic rings. The summed E-state index contributed by atoms with van der Waals surface area (Å²) in [5, 5.41) is 17.4. The Bertz CT molecular complexity index is 3140. The van der Waals surface area contributed by atoms with Gasteiger partial charge in [0.1, 0.15) is 17.2 Å². The van der Waals surface area contributed by atoms with E-state index in [1.165, 1.54) is 103 Å². The van der Waals surface area contributed by atoms with Crippen LogP contribution in [0.1, 0.15) is 182 Å². The van der Waals surface area contributed by atoms with Gasteiger partial charge < -0.3 is 42.5 Å². The fraction of sp³-hybridized carbons (Fsp3) is 0.507. The van der Waals surface area contributed by atoms with Crippen molar-refractivity contribution < 1.29 is 24.3 Å². The molecule has 0 aliphatic heterocycles. The Morgan fingerprint density at radius 2 is 0.600 bits per heavy atom. The molecule has 7 rings (SSSR count). The summed E-state index contributed by atoms with van der Waals surface area (Å²) in [5.74, 6) is 2.19. The van der Waals surface area contributed by atoms with Crippen LogP contribution in [0.3, 0.4) is 0 Å². The molecule has 0 saturated heterocycles. The average molecular weight is 1300 g/mol. The Labute approximate surface area is 522 Å². The number of benzene rings is 3. The summed E-state index contributed by atoms with van der Waals surface area (Å²) >= 11 is 6.88. The van der Waals surface area contributed by atoms with E-state index < -0.39 is 7.12 Å². The third-order valence-corrected chi connectivity index (χ3v) is 16.9. The molecule has 4 aromatic heterocycles. The van der Waals surface area contributed by atoms with Gasteiger partial charge in [-0.05, 0) is 135 Å². The molecular formula is C69H95BBr2N4O9. The summed E-state index contributed by atoms with van der Waals surface area (Å²) in [6, 6.07) is 29.3. The topological polar surface area (TPSA) is 156 Å². The molecule has 0 unspecified atom stereocenters. The van der Waals surface area contributed by atoms with E-state index in [0.29, 0.717) is 57.5 Å². The smallest absolute Gasteiger partial charge is 0.488 e. The number of halogens is 2. The highest BCUT2D eigenvalue weighted by Gasteiger charge is 2.20. The minimum absolute atomic E-state index is 0.0206. The Morgan fingerprint density at radius 1 is 0.353 bits per heavy atom. The molecule has 0 fully saturated rings. The molecule has 0 bridgehead atoms. The van der Waals surface area contributed by atoms with Crippen LogP contribution in [0.2, 0.25) is 0 Å². The summed E-state index contributed by atoms with van der Waals surface area (Å²) in [6.07, 6.45) is 27.8. The highest BCUT2D eigenvalue weighted by Crippen LogP contribution is 2.29. The summed E-state index contributed by atoms with van der Waals surface area (Å²) in [7, 11) is 3.44. The number of aromatic nitrogens is 4. The second-order valence-electron chi connectivity index (χ2n) is 22.1. The van der Waals surface area contributed by atoms with E-state index in [1.54, 1.807) is 45.6 Å². The van der Waals surface area contributed by atoms with Crippen molar-refractivity contribution in [3.63, 3.8) is 0 Å². The zero-order chi connectivity index (χ0) is 61.5. The number of hydrogen-bond acceptors (Lipinski definition) is 9. The minimum Gasteiger partial charge on any atom is -0.497 e. The summed E-state index contributed by atoms with van der Waals surface area (Å²) in [6.45, 7) is 11.5. The second-order valence-corrected chi connectivity index (χ2v) is 23.9. The molecule has 3 aromatic carbocycles. The van der Waals surface area contributed by atoms with Crippen LogP contribution in [0.15, 0.2) is 125 Å². The fourth-order valence-corrected chi connectivity index (χ4v) is 11.6. The maximum Gasteiger partial charge on any atom is 0.488 e. The number of methoxy groups -OCH3 is 3. The van der Waals surface area contributed by atoms with Crippen molar-refractivity contribution in [2.24, 2.45) is 0 Å². The highest BCUT2D eigenvalue weighted by atomic mass is 79.9. The van der Waals surface area contributed by atoms with E-state index in [1.807, 2.05) is 91.1 Å². The maximum atomic E-state index is 14.2. The van der Waals surface area contributed by atoms with Crippen LogP contribution in [-0.4, -0.2) is 56.8 Å². The number of nitrogens with zero attached hydrogens (tertiary/aromatic N) is 4. The van der Waals surface area contributed by atoms with Crippen LogP contribution in [-0.2, 0) is 26.2 Å². The number of fused-ring (bicyclic) bond motifs is 2. The van der Waals surface area contributed by atoms with Crippen LogP contribution in [0.5, 0.6) is 17.2 Å². The summed E-state index contributed by atoms with van der Waals surface area (Å²) in [4.78, 5) is 54.1. The molecule has 16 heteroatoms. The van der Waals surface area contributed by atoms with Crippen LogP contribution in [0, 0.1) is 0 Å². The van der Waals surface area contributed by atoms with Gasteiger partial charge >= 0.3 is 7.12 Å². The van der Waals surface area contributed by atoms with Crippen molar-refractivity contribution in [3.8, 4) is 39.5 Å². The predicted molar refractivity (Wildman–Crippen MR) is 361 cm³/mol. The molecule has 0 saturated carbocycles. The van der Waals surface area contributed by atoms with E-state index in [0.717, 1.165) is 96.1 Å². The van der Waals surface area contributed by atoms with Gasteiger partial charge in [0, 0.05) is 37.3 Å². The molecule has 0 aliphatic carbocycles. The fourth-order valence-electron chi connectivity index (χ4n) is 10.7. The van der Waals surface area contributed by atoms with E-state index in [-0.39, 0.29) is 22.2 Å². The molecule has 0 spiro atoms. The van der Waals surface area contributed by atoms with Gasteiger partial charge in [-0.3, -0.25) is 19.2 Å². The van der Waals surface area contributed by atoms with E-state index in [4.69, 9.17) is 24.3 Å². The summed E-state index contributed by atoms with van der Waals surface area (Å²) in [5.41, 5.74) is 6.56. The lowest BCUT2D eigenvalue weighted by Crippen LogP contribution is -2.29. The number of pyridine rings is 4. The first-order chi connectivity index (χ1) is 41.3. The molecule has 0 aliphatic rings. The zero-order valence-corrected chi connectivity index (χ0v) is 55.1. The average Bonchev–Trinajstić information content (AvgIpc) is 1.97. The largest absolute Gasteiger partial charge is 0.497 e. The molecule has 0 atom stereocenters. The first-order valence-corrected chi connectivity index (χ1v) is 33.1. The summed E-state index contributed by atoms with van der Waals surface area (Å²) < 4.78 is 24.2. The third-order valence-electron chi connectivity index (χ3n) is 15.8. The van der Waals surface area contributed by atoms with Gasteiger partial charge in [-0.1, -0.05) is 193 Å². The van der Waals surface area contributed by atoms with Crippen LogP contribution < -0.4 is 41.9 Å². The van der Waals surface area contributed by atoms with Gasteiger partial charge in [0.15, 0.2) is 0 Å². The molecule has 13 nitrogen and oxygen atoms in total. The molecule has 462 valence electrons. The Kier molecular flexibility index (Phi) is 31.7. The molecule has 85 heavy (non-hydrogen) atoms. The maximum absolute atomic E-state index is 14.2. The van der Waals surface area contributed by atoms with Gasteiger partial charge in [-0.2, -0.15) is 0 Å². The van der Waals surface area contributed by atoms with E-state index >= 15 is 0 Å². The zero-order valence-electron chi connectivity index (χ0n) is 51.9. The highest BCUT2D eigenvalue weighted by molar-refractivity contribution is 9.10.